The molecular weight excluding hydrogens is 1050 g/mol. The van der Waals surface area contributed by atoms with Crippen molar-refractivity contribution in [3.05, 3.63) is 238 Å². The maximum Gasteiger partial charge on any atom is 0.416 e. The first-order valence-electron chi connectivity index (χ1n) is 25.6. The van der Waals surface area contributed by atoms with Gasteiger partial charge in [-0.3, -0.25) is 0 Å². The second-order valence-electron chi connectivity index (χ2n) is 19.6. The van der Waals surface area contributed by atoms with Gasteiger partial charge in [0.25, 0.3) is 0 Å². The molecule has 2 heterocycles. The normalized spacial score (nSPS) is 10.9. The number of para-hydroxylation sites is 1. The highest BCUT2D eigenvalue weighted by atomic mass is 19.4. The first kappa shape index (κ1) is 51.7. The Balaban J connectivity index is 1.17. The molecule has 0 aliphatic rings. The molecule has 0 unspecified atom stereocenters. The van der Waals surface area contributed by atoms with Gasteiger partial charge in [0.15, 0.2) is 0 Å². The second-order valence-corrected chi connectivity index (χ2v) is 19.6. The Morgan fingerprint density at radius 3 is 0.952 bits per heavy atom. The van der Waals surface area contributed by atoms with E-state index in [-0.39, 0.29) is 72.6 Å². The van der Waals surface area contributed by atoms with Crippen molar-refractivity contribution in [1.29, 1.82) is 47.4 Å². The molecule has 0 bridgehead atoms. The number of alkyl halides is 3. The van der Waals surface area contributed by atoms with Crippen molar-refractivity contribution in [2.75, 3.05) is 0 Å². The summed E-state index contributed by atoms with van der Waals surface area (Å²) in [5.74, 6) is 0. The van der Waals surface area contributed by atoms with Crippen LogP contribution in [0.1, 0.15) is 55.6 Å². The van der Waals surface area contributed by atoms with E-state index in [4.69, 9.17) is 0 Å². The lowest BCUT2D eigenvalue weighted by Gasteiger charge is -2.21. The number of fused-ring (bicyclic) bond motifs is 6. The van der Waals surface area contributed by atoms with Gasteiger partial charge in [-0.2, -0.15) is 60.5 Å². The van der Waals surface area contributed by atoms with Crippen molar-refractivity contribution < 1.29 is 13.2 Å². The van der Waals surface area contributed by atoms with E-state index in [1.165, 1.54) is 30.3 Å². The molecule has 0 saturated heterocycles. The Hall–Kier alpha value is -13.0. The summed E-state index contributed by atoms with van der Waals surface area (Å²) in [5.41, 5.74) is 8.66. The fourth-order valence-electron chi connectivity index (χ4n) is 11.3. The molecule has 386 valence electrons. The molecule has 0 N–H and O–H groups in total. The highest BCUT2D eigenvalue weighted by Gasteiger charge is 2.33. The third-order valence-electron chi connectivity index (χ3n) is 15.1. The molecule has 0 aliphatic carbocycles. The standard InChI is InChI=1S/C70H30F3N11/c71-70(72,73)53-12-21-66(83-64-17-8-44(54-13-4-40(31-74)22-49(54)36-79)26-59(64)60-27-45(9-18-65(60)83)55-14-5-41(32-75)23-50(55)37-80)63(30-53)58-3-1-2-48(35-78)69(58)84-67-19-10-46(56-15-6-42(33-76)24-51(56)38-81)28-61(67)62-29-47(11-20-68(62)84)57-16-7-43(34-77)25-52(57)39-82/h1-30H. The van der Waals surface area contributed by atoms with Gasteiger partial charge in [-0.1, -0.05) is 60.7 Å². The maximum absolute atomic E-state index is 15.4. The van der Waals surface area contributed by atoms with Crippen molar-refractivity contribution in [2.45, 2.75) is 6.18 Å². The van der Waals surface area contributed by atoms with E-state index >= 15 is 13.2 Å². The molecule has 14 heteroatoms. The number of benzene rings is 10. The predicted octanol–water partition coefficient (Wildman–Crippen LogP) is 16.1. The Bertz CT molecular complexity index is 5060. The van der Waals surface area contributed by atoms with Crippen LogP contribution in [0.4, 0.5) is 13.2 Å². The van der Waals surface area contributed by atoms with Crippen LogP contribution in [0.15, 0.2) is 182 Å². The Morgan fingerprint density at radius 2 is 0.631 bits per heavy atom. The predicted molar refractivity (Wildman–Crippen MR) is 310 cm³/mol. The summed E-state index contributed by atoms with van der Waals surface area (Å²) < 4.78 is 49.7. The minimum atomic E-state index is -4.84. The van der Waals surface area contributed by atoms with Gasteiger partial charge in [-0.25, -0.2) is 0 Å². The largest absolute Gasteiger partial charge is 0.416 e. The van der Waals surface area contributed by atoms with E-state index in [1.54, 1.807) is 115 Å². The minimum Gasteiger partial charge on any atom is -0.309 e. The van der Waals surface area contributed by atoms with Crippen molar-refractivity contribution in [3.63, 3.8) is 0 Å². The summed E-state index contributed by atoms with van der Waals surface area (Å²) in [5, 5.41) is 93.5. The number of nitrogens with zero attached hydrogens (tertiary/aromatic N) is 11. The van der Waals surface area contributed by atoms with Crippen LogP contribution in [0.5, 0.6) is 0 Å². The zero-order valence-electron chi connectivity index (χ0n) is 43.4. The molecule has 0 fully saturated rings. The van der Waals surface area contributed by atoms with Crippen LogP contribution in [-0.2, 0) is 6.18 Å². The summed E-state index contributed by atoms with van der Waals surface area (Å²) in [4.78, 5) is 0. The molecule has 12 aromatic rings. The summed E-state index contributed by atoms with van der Waals surface area (Å²) in [6.07, 6.45) is -4.84. The summed E-state index contributed by atoms with van der Waals surface area (Å²) in [7, 11) is 0. The first-order chi connectivity index (χ1) is 40.8. The molecule has 12 rings (SSSR count). The highest BCUT2D eigenvalue weighted by molar-refractivity contribution is 6.14. The molecule has 0 radical (unpaired) electrons. The Kier molecular flexibility index (Phi) is 12.5. The first-order valence-corrected chi connectivity index (χ1v) is 25.6. The lowest BCUT2D eigenvalue weighted by atomic mass is 9.95. The van der Waals surface area contributed by atoms with Crippen LogP contribution < -0.4 is 0 Å². The van der Waals surface area contributed by atoms with E-state index in [9.17, 15) is 47.4 Å². The summed E-state index contributed by atoms with van der Waals surface area (Å²) in [6.45, 7) is 0. The number of hydrogen-bond acceptors (Lipinski definition) is 9. The zero-order valence-corrected chi connectivity index (χ0v) is 43.4. The smallest absolute Gasteiger partial charge is 0.309 e. The zero-order chi connectivity index (χ0) is 58.6. The molecule has 0 spiro atoms. The molecule has 11 nitrogen and oxygen atoms in total. The van der Waals surface area contributed by atoms with E-state index < -0.39 is 11.7 Å². The van der Waals surface area contributed by atoms with Gasteiger partial charge in [0, 0.05) is 32.7 Å². The van der Waals surface area contributed by atoms with Crippen molar-refractivity contribution in [3.8, 4) is 122 Å². The maximum atomic E-state index is 15.4. The van der Waals surface area contributed by atoms with Gasteiger partial charge < -0.3 is 9.13 Å². The molecule has 0 amide bonds. The van der Waals surface area contributed by atoms with Crippen LogP contribution in [0.25, 0.3) is 111 Å². The number of halogens is 3. The average Bonchev–Trinajstić information content (AvgIpc) is 3.95. The van der Waals surface area contributed by atoms with Gasteiger partial charge >= 0.3 is 6.18 Å². The van der Waals surface area contributed by atoms with Crippen molar-refractivity contribution in [1.82, 2.24) is 9.13 Å². The molecule has 2 aromatic heterocycles. The van der Waals surface area contributed by atoms with Crippen molar-refractivity contribution in [2.24, 2.45) is 0 Å². The van der Waals surface area contributed by atoms with Crippen LogP contribution in [0.2, 0.25) is 0 Å². The lowest BCUT2D eigenvalue weighted by molar-refractivity contribution is -0.137. The van der Waals surface area contributed by atoms with Gasteiger partial charge in [0.2, 0.25) is 0 Å². The lowest BCUT2D eigenvalue weighted by Crippen LogP contribution is -2.08. The fraction of sp³-hybridized carbons (Fsp3) is 0.0143. The Morgan fingerprint density at radius 1 is 0.286 bits per heavy atom. The highest BCUT2D eigenvalue weighted by Crippen LogP contribution is 2.47. The number of rotatable bonds is 7. The van der Waals surface area contributed by atoms with Gasteiger partial charge in [-0.15, -0.1) is 0 Å². The van der Waals surface area contributed by atoms with Crippen LogP contribution >= 0.6 is 0 Å². The molecule has 0 atom stereocenters. The molecule has 0 saturated carbocycles. The average molecular weight is 1080 g/mol. The topological polar surface area (TPSA) is 224 Å². The number of hydrogen-bond donors (Lipinski definition) is 0. The second kappa shape index (κ2) is 20.3. The van der Waals surface area contributed by atoms with Gasteiger partial charge in [0.05, 0.1) is 138 Å². The Labute approximate surface area is 476 Å². The fourth-order valence-corrected chi connectivity index (χ4v) is 11.3. The van der Waals surface area contributed by atoms with Crippen LogP contribution in [0, 0.1) is 102 Å². The van der Waals surface area contributed by atoms with Gasteiger partial charge in [0.1, 0.15) is 6.07 Å². The minimum absolute atomic E-state index is 0.0809. The third-order valence-corrected chi connectivity index (χ3v) is 15.1. The number of nitriles is 9. The molecule has 10 aromatic carbocycles. The molecule has 0 aliphatic heterocycles. The van der Waals surface area contributed by atoms with E-state index in [1.807, 2.05) is 33.4 Å². The molecule has 84 heavy (non-hydrogen) atoms. The SMILES string of the molecule is N#Cc1ccc(-c2ccc3c(c2)c2cc(-c4ccc(C#N)cc4C#N)ccc2n3-c2ccc(C(F)(F)F)cc2-c2cccc(C#N)c2-n2c3ccc(-c4ccc(C#N)cc4C#N)cc3c3cc(-c4ccc(C#N)cc4C#N)ccc32)c(C#N)c1. The third kappa shape index (κ3) is 8.48. The van der Waals surface area contributed by atoms with Crippen molar-refractivity contribution >= 4 is 43.6 Å². The quantitative estimate of drug-likeness (QED) is 0.148. The van der Waals surface area contributed by atoms with Gasteiger partial charge in [-0.05, 0) is 166 Å². The van der Waals surface area contributed by atoms with E-state index in [0.29, 0.717) is 88.1 Å². The molecular formula is C70H30F3N11. The number of aromatic nitrogens is 2. The van der Waals surface area contributed by atoms with E-state index in [0.717, 1.165) is 12.1 Å². The van der Waals surface area contributed by atoms with Crippen LogP contribution in [0.3, 0.4) is 0 Å². The summed E-state index contributed by atoms with van der Waals surface area (Å²) >= 11 is 0. The monoisotopic (exact) mass is 1080 g/mol. The van der Waals surface area contributed by atoms with E-state index in [2.05, 4.69) is 54.6 Å². The van der Waals surface area contributed by atoms with Crippen LogP contribution in [-0.4, -0.2) is 9.13 Å². The summed E-state index contributed by atoms with van der Waals surface area (Å²) in [6, 6.07) is 68.7.